The summed E-state index contributed by atoms with van der Waals surface area (Å²) in [6, 6.07) is 3.94. The Bertz CT molecular complexity index is 870. The molecule has 26 heavy (non-hydrogen) atoms. The van der Waals surface area contributed by atoms with Crippen LogP contribution < -0.4 is 9.64 Å². The van der Waals surface area contributed by atoms with Crippen LogP contribution in [0.5, 0.6) is 11.6 Å². The third kappa shape index (κ3) is 3.78. The van der Waals surface area contributed by atoms with Crippen LogP contribution in [-0.2, 0) is 17.6 Å². The van der Waals surface area contributed by atoms with E-state index < -0.39 is 0 Å². The number of ether oxygens (including phenoxy) is 1. The summed E-state index contributed by atoms with van der Waals surface area (Å²) in [6.45, 7) is 5.01. The lowest BCUT2D eigenvalue weighted by molar-refractivity contribution is -0.119. The van der Waals surface area contributed by atoms with E-state index in [0.717, 1.165) is 33.9 Å². The van der Waals surface area contributed by atoms with E-state index in [1.807, 2.05) is 17.0 Å². The van der Waals surface area contributed by atoms with Crippen molar-refractivity contribution >= 4 is 35.1 Å². The zero-order chi connectivity index (χ0) is 18.8. The second kappa shape index (κ2) is 7.80. The molecule has 0 saturated heterocycles. The molecule has 7 heteroatoms. The highest BCUT2D eigenvalue weighted by molar-refractivity contribution is 7.73. The van der Waals surface area contributed by atoms with Crippen LogP contribution in [0.4, 0.5) is 5.69 Å². The summed E-state index contributed by atoms with van der Waals surface area (Å²) < 4.78 is 6.13. The van der Waals surface area contributed by atoms with Gasteiger partial charge < -0.3 is 19.7 Å². The standard InChI is InChI=1S/C19H24N2O3S2/c1-11(2)8-9-21-16(22)7-5-13-12(4-6-14(24-3)17(13)21)10-15-18(23)20-19(25)26-15/h4,6,11,23H,5,7-10H2,1-3H3,(H,20,25). The molecule has 0 spiro atoms. The molecule has 2 heterocycles. The Balaban J connectivity index is 2.03. The third-order valence-corrected chi connectivity index (χ3v) is 5.93. The van der Waals surface area contributed by atoms with Gasteiger partial charge in [0.2, 0.25) is 11.8 Å². The number of hydrogen-bond donors (Lipinski definition) is 2. The number of aromatic amines is 1. The van der Waals surface area contributed by atoms with E-state index in [9.17, 15) is 9.90 Å². The molecule has 0 radical (unpaired) electrons. The molecule has 0 fully saturated rings. The number of hydrogen-bond acceptors (Lipinski definition) is 5. The second-order valence-corrected chi connectivity index (χ2v) is 8.72. The largest absolute Gasteiger partial charge is 0.495 e. The Labute approximate surface area is 162 Å². The van der Waals surface area contributed by atoms with E-state index >= 15 is 0 Å². The van der Waals surface area contributed by atoms with Gasteiger partial charge in [0.25, 0.3) is 0 Å². The fraction of sp³-hybridized carbons (Fsp3) is 0.474. The topological polar surface area (TPSA) is 65.6 Å². The number of thiazole rings is 1. The first kappa shape index (κ1) is 18.9. The van der Waals surface area contributed by atoms with Crippen molar-refractivity contribution in [1.29, 1.82) is 0 Å². The highest BCUT2D eigenvalue weighted by Crippen LogP contribution is 2.40. The Morgan fingerprint density at radius 1 is 1.38 bits per heavy atom. The minimum atomic E-state index is 0.133. The number of aromatic nitrogens is 1. The Kier molecular flexibility index (Phi) is 5.67. The van der Waals surface area contributed by atoms with Gasteiger partial charge in [-0.3, -0.25) is 4.79 Å². The summed E-state index contributed by atoms with van der Waals surface area (Å²) in [4.78, 5) is 18.0. The molecular weight excluding hydrogens is 368 g/mol. The first-order valence-corrected chi connectivity index (χ1v) is 10.0. The monoisotopic (exact) mass is 392 g/mol. The van der Waals surface area contributed by atoms with Crippen molar-refractivity contribution in [3.8, 4) is 11.6 Å². The number of amides is 1. The van der Waals surface area contributed by atoms with Crippen LogP contribution in [0.1, 0.15) is 42.7 Å². The molecule has 0 saturated carbocycles. The predicted molar refractivity (Wildman–Crippen MR) is 107 cm³/mol. The Morgan fingerprint density at radius 3 is 2.77 bits per heavy atom. The highest BCUT2D eigenvalue weighted by Gasteiger charge is 2.29. The molecule has 1 aliphatic rings. The van der Waals surface area contributed by atoms with Crippen molar-refractivity contribution in [2.45, 2.75) is 39.5 Å². The maximum absolute atomic E-state index is 12.6. The number of fused-ring (bicyclic) bond motifs is 1. The summed E-state index contributed by atoms with van der Waals surface area (Å²) in [5, 5.41) is 10.0. The summed E-state index contributed by atoms with van der Waals surface area (Å²) in [5.74, 6) is 1.53. The van der Waals surface area contributed by atoms with Gasteiger partial charge in [-0.25, -0.2) is 0 Å². The summed E-state index contributed by atoms with van der Waals surface area (Å²) in [5.41, 5.74) is 3.12. The van der Waals surface area contributed by atoms with Crippen LogP contribution in [0.3, 0.4) is 0 Å². The van der Waals surface area contributed by atoms with Crippen molar-refractivity contribution in [1.82, 2.24) is 4.98 Å². The summed E-state index contributed by atoms with van der Waals surface area (Å²) >= 11 is 6.50. The van der Waals surface area contributed by atoms with Gasteiger partial charge in [0, 0.05) is 19.4 Å². The molecule has 1 aromatic heterocycles. The van der Waals surface area contributed by atoms with Crippen LogP contribution in [0, 0.1) is 9.87 Å². The zero-order valence-corrected chi connectivity index (χ0v) is 16.9. The quantitative estimate of drug-likeness (QED) is 0.714. The Morgan fingerprint density at radius 2 is 2.15 bits per heavy atom. The molecule has 2 N–H and O–H groups in total. The van der Waals surface area contributed by atoms with E-state index in [0.29, 0.717) is 35.7 Å². The van der Waals surface area contributed by atoms with Crippen molar-refractivity contribution in [3.05, 3.63) is 32.1 Å². The summed E-state index contributed by atoms with van der Waals surface area (Å²) in [7, 11) is 1.64. The number of nitrogens with one attached hydrogen (secondary N) is 1. The number of methoxy groups -OCH3 is 1. The zero-order valence-electron chi connectivity index (χ0n) is 15.3. The van der Waals surface area contributed by atoms with Gasteiger partial charge in [-0.1, -0.05) is 19.9 Å². The average molecular weight is 393 g/mol. The number of carbonyl (C=O) groups excluding carboxylic acids is 1. The van der Waals surface area contributed by atoms with Crippen LogP contribution in [0.2, 0.25) is 0 Å². The van der Waals surface area contributed by atoms with Gasteiger partial charge >= 0.3 is 0 Å². The number of aromatic hydroxyl groups is 1. The van der Waals surface area contributed by atoms with Gasteiger partial charge in [-0.2, -0.15) is 0 Å². The number of anilines is 1. The Hall–Kier alpha value is -1.86. The number of benzene rings is 1. The maximum Gasteiger partial charge on any atom is 0.227 e. The van der Waals surface area contributed by atoms with Crippen LogP contribution >= 0.6 is 23.6 Å². The number of carbonyl (C=O) groups is 1. The molecule has 140 valence electrons. The molecular formula is C19H24N2O3S2. The second-order valence-electron chi connectivity index (χ2n) is 6.95. The number of rotatable bonds is 6. The molecule has 1 amide bonds. The van der Waals surface area contributed by atoms with E-state index in [2.05, 4.69) is 18.8 Å². The first-order chi connectivity index (χ1) is 12.4. The smallest absolute Gasteiger partial charge is 0.227 e. The molecule has 0 aliphatic carbocycles. The van der Waals surface area contributed by atoms with Crippen molar-refractivity contribution in [2.24, 2.45) is 5.92 Å². The lowest BCUT2D eigenvalue weighted by Gasteiger charge is -2.32. The number of nitrogens with zero attached hydrogens (tertiary/aromatic N) is 1. The summed E-state index contributed by atoms with van der Waals surface area (Å²) in [6.07, 6.45) is 2.72. The van der Waals surface area contributed by atoms with E-state index in [4.69, 9.17) is 17.0 Å². The molecule has 3 rings (SSSR count). The van der Waals surface area contributed by atoms with Crippen molar-refractivity contribution in [2.75, 3.05) is 18.6 Å². The van der Waals surface area contributed by atoms with Crippen molar-refractivity contribution in [3.63, 3.8) is 0 Å². The van der Waals surface area contributed by atoms with Crippen LogP contribution in [-0.4, -0.2) is 29.7 Å². The highest BCUT2D eigenvalue weighted by atomic mass is 32.1. The molecule has 0 atom stereocenters. The lowest BCUT2D eigenvalue weighted by atomic mass is 9.92. The fourth-order valence-corrected chi connectivity index (χ4v) is 4.47. The number of H-pyrrole nitrogens is 1. The van der Waals surface area contributed by atoms with E-state index in [-0.39, 0.29) is 11.8 Å². The van der Waals surface area contributed by atoms with Crippen molar-refractivity contribution < 1.29 is 14.6 Å². The van der Waals surface area contributed by atoms with Gasteiger partial charge in [-0.05, 0) is 48.2 Å². The minimum absolute atomic E-state index is 0.133. The molecule has 1 aliphatic heterocycles. The van der Waals surface area contributed by atoms with E-state index in [1.165, 1.54) is 11.3 Å². The van der Waals surface area contributed by atoms with Crippen LogP contribution in [0.25, 0.3) is 0 Å². The van der Waals surface area contributed by atoms with Crippen LogP contribution in [0.15, 0.2) is 12.1 Å². The average Bonchev–Trinajstić information content (AvgIpc) is 2.91. The van der Waals surface area contributed by atoms with Gasteiger partial charge in [0.15, 0.2) is 3.95 Å². The third-order valence-electron chi connectivity index (χ3n) is 4.70. The fourth-order valence-electron chi connectivity index (χ4n) is 3.32. The molecule has 0 bridgehead atoms. The van der Waals surface area contributed by atoms with Gasteiger partial charge in [0.1, 0.15) is 5.75 Å². The van der Waals surface area contributed by atoms with Gasteiger partial charge in [0.05, 0.1) is 17.7 Å². The van der Waals surface area contributed by atoms with E-state index in [1.54, 1.807) is 7.11 Å². The lowest BCUT2D eigenvalue weighted by Crippen LogP contribution is -2.37. The maximum atomic E-state index is 12.6. The minimum Gasteiger partial charge on any atom is -0.495 e. The molecule has 1 aromatic carbocycles. The predicted octanol–water partition coefficient (Wildman–Crippen LogP) is 4.44. The first-order valence-electron chi connectivity index (χ1n) is 8.80. The normalized spacial score (nSPS) is 14.0. The molecule has 2 aromatic rings. The van der Waals surface area contributed by atoms with Gasteiger partial charge in [-0.15, -0.1) is 11.3 Å². The molecule has 5 nitrogen and oxygen atoms in total. The molecule has 0 unspecified atom stereocenters. The SMILES string of the molecule is COc1ccc(Cc2sc(=S)[nH]c2O)c2c1N(CCC(C)C)C(=O)CC2.